The molecule has 4 aromatic rings. The molecule has 5 nitrogen and oxygen atoms in total. The van der Waals surface area contributed by atoms with Gasteiger partial charge in [-0.3, -0.25) is 0 Å². The van der Waals surface area contributed by atoms with E-state index >= 15 is 4.39 Å². The Morgan fingerprint density at radius 3 is 2.26 bits per heavy atom. The van der Waals surface area contributed by atoms with Gasteiger partial charge in [-0.2, -0.15) is 0 Å². The highest BCUT2D eigenvalue weighted by Gasteiger charge is 2.17. The molecule has 0 aliphatic carbocycles. The fourth-order valence-corrected chi connectivity index (χ4v) is 4.48. The first-order valence-corrected chi connectivity index (χ1v) is 11.9. The number of rotatable bonds is 7. The summed E-state index contributed by atoms with van der Waals surface area (Å²) in [5, 5.41) is 16.9. The van der Waals surface area contributed by atoms with Crippen molar-refractivity contribution in [2.45, 2.75) is 18.4 Å². The highest BCUT2D eigenvalue weighted by atomic mass is 32.2. The summed E-state index contributed by atoms with van der Waals surface area (Å²) < 4.78 is 27.7. The van der Waals surface area contributed by atoms with Crippen LogP contribution in [0.3, 0.4) is 0 Å². The van der Waals surface area contributed by atoms with Crippen LogP contribution >= 0.6 is 0 Å². The van der Waals surface area contributed by atoms with Gasteiger partial charge in [-0.1, -0.05) is 66.7 Å². The van der Waals surface area contributed by atoms with Crippen LogP contribution in [0.25, 0.3) is 22.3 Å². The minimum absolute atomic E-state index is 0.243. The van der Waals surface area contributed by atoms with Crippen molar-refractivity contribution < 1.29 is 8.60 Å². The summed E-state index contributed by atoms with van der Waals surface area (Å²) in [6.45, 7) is 2.01. The number of hydrogen-bond donors (Lipinski definition) is 4. The Bertz CT molecular complexity index is 1390. The highest BCUT2D eigenvalue weighted by Crippen LogP contribution is 2.34. The molecule has 6 N–H and O–H groups in total. The fourth-order valence-electron chi connectivity index (χ4n) is 3.86. The molecule has 0 fully saturated rings. The molecule has 34 heavy (non-hydrogen) atoms. The first-order chi connectivity index (χ1) is 16.4. The molecule has 172 valence electrons. The average Bonchev–Trinajstić information content (AvgIpc) is 2.85. The summed E-state index contributed by atoms with van der Waals surface area (Å²) in [4.78, 5) is 0.540. The van der Waals surface area contributed by atoms with E-state index in [0.29, 0.717) is 33.8 Å². The molecule has 0 aromatic heterocycles. The zero-order valence-corrected chi connectivity index (χ0v) is 19.5. The lowest BCUT2D eigenvalue weighted by Crippen LogP contribution is -2.05. The molecule has 7 heteroatoms. The Hall–Kier alpha value is -3.65. The highest BCUT2D eigenvalue weighted by molar-refractivity contribution is 7.82. The van der Waals surface area contributed by atoms with Crippen molar-refractivity contribution in [3.05, 3.63) is 102 Å². The molecule has 0 heterocycles. The van der Waals surface area contributed by atoms with Crippen molar-refractivity contribution in [1.29, 1.82) is 5.41 Å². The molecule has 0 bridgehead atoms. The minimum Gasteiger partial charge on any atom is -0.353 e. The van der Waals surface area contributed by atoms with Crippen LogP contribution in [0.2, 0.25) is 0 Å². The Morgan fingerprint density at radius 1 is 0.941 bits per heavy atom. The molecule has 0 spiro atoms. The van der Waals surface area contributed by atoms with Crippen LogP contribution in [-0.2, 0) is 17.5 Å². The van der Waals surface area contributed by atoms with Gasteiger partial charge in [-0.25, -0.2) is 13.7 Å². The molecular formula is C27H25FN4OS. The zero-order valence-electron chi connectivity index (χ0n) is 18.6. The second-order valence-corrected chi connectivity index (χ2v) is 8.91. The summed E-state index contributed by atoms with van der Waals surface area (Å²) in [5.41, 5.74) is 11.0. The van der Waals surface area contributed by atoms with Crippen LogP contribution in [0.15, 0.2) is 89.8 Å². The quantitative estimate of drug-likeness (QED) is 0.258. The standard InChI is InChI=1S/C27H25FN4OS/c1-17(30)22-13-14-24(26(28)27(22)32-21-6-4-5-18(15-21)16-29)20-11-9-19(10-12-20)23-7-2-3-8-25(23)34(31)33/h2-15,30,32H,16,29,31H2,1H3. The molecule has 0 aliphatic rings. The van der Waals surface area contributed by atoms with Gasteiger partial charge < -0.3 is 16.5 Å². The summed E-state index contributed by atoms with van der Waals surface area (Å²) in [6.07, 6.45) is 0. The van der Waals surface area contributed by atoms with Gasteiger partial charge in [-0.15, -0.1) is 0 Å². The third kappa shape index (κ3) is 4.82. The Kier molecular flexibility index (Phi) is 6.98. The summed E-state index contributed by atoms with van der Waals surface area (Å²) in [5.74, 6) is -0.446. The van der Waals surface area contributed by atoms with Gasteiger partial charge in [0.05, 0.1) is 10.6 Å². The Morgan fingerprint density at radius 2 is 1.62 bits per heavy atom. The molecule has 4 aromatic carbocycles. The largest absolute Gasteiger partial charge is 0.353 e. The summed E-state index contributed by atoms with van der Waals surface area (Å²) in [6, 6.07) is 25.5. The molecule has 0 saturated heterocycles. The number of nitrogens with one attached hydrogen (secondary N) is 2. The van der Waals surface area contributed by atoms with E-state index in [1.807, 2.05) is 60.7 Å². The van der Waals surface area contributed by atoms with Crippen molar-refractivity contribution in [1.82, 2.24) is 0 Å². The predicted octanol–water partition coefficient (Wildman–Crippen LogP) is 5.73. The van der Waals surface area contributed by atoms with Gasteiger partial charge in [0, 0.05) is 29.1 Å². The first kappa shape index (κ1) is 23.5. The Balaban J connectivity index is 1.75. The average molecular weight is 473 g/mol. The minimum atomic E-state index is -1.61. The number of benzene rings is 4. The number of hydrogen-bond acceptors (Lipinski definition) is 4. The molecule has 0 saturated carbocycles. The van der Waals surface area contributed by atoms with Crippen molar-refractivity contribution in [3.63, 3.8) is 0 Å². The molecule has 1 unspecified atom stereocenters. The second-order valence-electron chi connectivity index (χ2n) is 7.88. The smallest absolute Gasteiger partial charge is 0.155 e. The van der Waals surface area contributed by atoms with Crippen molar-refractivity contribution in [2.75, 3.05) is 5.32 Å². The first-order valence-electron chi connectivity index (χ1n) is 10.7. The van der Waals surface area contributed by atoms with Crippen LogP contribution in [0.1, 0.15) is 18.1 Å². The Labute approximate surface area is 200 Å². The van der Waals surface area contributed by atoms with E-state index in [9.17, 15) is 4.21 Å². The van der Waals surface area contributed by atoms with Crippen LogP contribution in [0, 0.1) is 11.2 Å². The van der Waals surface area contributed by atoms with E-state index in [0.717, 1.165) is 16.7 Å². The lowest BCUT2D eigenvalue weighted by Gasteiger charge is -2.16. The number of nitrogens with two attached hydrogens (primary N) is 2. The van der Waals surface area contributed by atoms with Crippen LogP contribution < -0.4 is 16.2 Å². The van der Waals surface area contributed by atoms with Crippen LogP contribution in [0.4, 0.5) is 15.8 Å². The van der Waals surface area contributed by atoms with Crippen molar-refractivity contribution in [2.24, 2.45) is 10.9 Å². The number of anilines is 2. The SMILES string of the molecule is CC(=N)c1ccc(-c2ccc(-c3ccccc3S(N)=O)cc2)c(F)c1Nc1cccc(CN)c1. The van der Waals surface area contributed by atoms with Gasteiger partial charge in [0.1, 0.15) is 11.0 Å². The molecule has 0 amide bonds. The predicted molar refractivity (Wildman–Crippen MR) is 138 cm³/mol. The third-order valence-corrected chi connectivity index (χ3v) is 6.38. The van der Waals surface area contributed by atoms with E-state index in [4.69, 9.17) is 16.3 Å². The fraction of sp³-hybridized carbons (Fsp3) is 0.0741. The topological polar surface area (TPSA) is 105 Å². The molecule has 4 rings (SSSR count). The summed E-state index contributed by atoms with van der Waals surface area (Å²) in [7, 11) is -1.61. The molecule has 0 radical (unpaired) electrons. The van der Waals surface area contributed by atoms with E-state index < -0.39 is 16.8 Å². The maximum atomic E-state index is 15.8. The molecular weight excluding hydrogens is 447 g/mol. The zero-order chi connectivity index (χ0) is 24.2. The maximum Gasteiger partial charge on any atom is 0.155 e. The van der Waals surface area contributed by atoms with Crippen molar-refractivity contribution in [3.8, 4) is 22.3 Å². The van der Waals surface area contributed by atoms with Crippen LogP contribution in [-0.4, -0.2) is 9.92 Å². The van der Waals surface area contributed by atoms with Gasteiger partial charge in [0.15, 0.2) is 5.82 Å². The van der Waals surface area contributed by atoms with Crippen LogP contribution in [0.5, 0.6) is 0 Å². The van der Waals surface area contributed by atoms with E-state index in [1.165, 1.54) is 0 Å². The maximum absolute atomic E-state index is 15.8. The van der Waals surface area contributed by atoms with Gasteiger partial charge >= 0.3 is 0 Å². The molecule has 0 aliphatic heterocycles. The monoisotopic (exact) mass is 472 g/mol. The van der Waals surface area contributed by atoms with Gasteiger partial charge in [-0.05, 0) is 47.4 Å². The van der Waals surface area contributed by atoms with E-state index in [1.54, 1.807) is 31.2 Å². The lowest BCUT2D eigenvalue weighted by atomic mass is 9.97. The second kappa shape index (κ2) is 10.1. The van der Waals surface area contributed by atoms with Gasteiger partial charge in [0.2, 0.25) is 0 Å². The molecule has 1 atom stereocenters. The van der Waals surface area contributed by atoms with E-state index in [2.05, 4.69) is 5.32 Å². The van der Waals surface area contributed by atoms with E-state index in [-0.39, 0.29) is 11.4 Å². The summed E-state index contributed by atoms with van der Waals surface area (Å²) >= 11 is 0. The van der Waals surface area contributed by atoms with Crippen molar-refractivity contribution >= 4 is 28.1 Å². The van der Waals surface area contributed by atoms with Gasteiger partial charge in [0.25, 0.3) is 0 Å². The lowest BCUT2D eigenvalue weighted by molar-refractivity contribution is 0.635. The normalized spacial score (nSPS) is 11.8. The number of halogens is 1. The third-order valence-electron chi connectivity index (χ3n) is 5.59.